The topological polar surface area (TPSA) is 95.5 Å². The predicted octanol–water partition coefficient (Wildman–Crippen LogP) is 1.82. The zero-order valence-corrected chi connectivity index (χ0v) is 12.3. The molecule has 0 aliphatic rings. The van der Waals surface area contributed by atoms with Crippen LogP contribution in [0.4, 0.5) is 0 Å². The van der Waals surface area contributed by atoms with Crippen molar-refractivity contribution in [2.75, 3.05) is 0 Å². The molecule has 0 heterocycles. The van der Waals surface area contributed by atoms with Crippen LogP contribution >= 0.6 is 0 Å². The third kappa shape index (κ3) is 4.67. The van der Waals surface area contributed by atoms with Crippen LogP contribution in [0.3, 0.4) is 0 Å². The third-order valence-electron chi connectivity index (χ3n) is 3.14. The molecule has 0 aliphatic carbocycles. The van der Waals surface area contributed by atoms with Gasteiger partial charge in [-0.1, -0.05) is 42.5 Å². The predicted molar refractivity (Wildman–Crippen MR) is 83.7 cm³/mol. The molecule has 3 N–H and O–H groups in total. The van der Waals surface area contributed by atoms with Gasteiger partial charge in [0.1, 0.15) is 5.75 Å². The van der Waals surface area contributed by atoms with Gasteiger partial charge in [-0.2, -0.15) is 0 Å². The summed E-state index contributed by atoms with van der Waals surface area (Å²) < 4.78 is 0. The minimum atomic E-state index is -0.633. The van der Waals surface area contributed by atoms with Crippen molar-refractivity contribution in [2.45, 2.75) is 12.8 Å². The van der Waals surface area contributed by atoms with Crippen LogP contribution in [-0.2, 0) is 4.79 Å². The maximum atomic E-state index is 11.9. The average Bonchev–Trinajstić information content (AvgIpc) is 2.58. The first kappa shape index (κ1) is 16.2. The molecule has 0 radical (unpaired) electrons. The number of phenolic OH excluding ortho intramolecular Hbond substituents is 1. The number of carbonyl (C=O) groups excluding carboxylic acids is 3. The second-order valence-corrected chi connectivity index (χ2v) is 4.81. The Hall–Kier alpha value is -3.15. The molecule has 0 spiro atoms. The van der Waals surface area contributed by atoms with Crippen LogP contribution < -0.4 is 10.9 Å². The molecule has 2 aromatic carbocycles. The van der Waals surface area contributed by atoms with Crippen molar-refractivity contribution in [3.05, 3.63) is 65.7 Å². The molecule has 0 aromatic heterocycles. The minimum Gasteiger partial charge on any atom is -0.507 e. The van der Waals surface area contributed by atoms with E-state index >= 15 is 0 Å². The molecule has 2 aromatic rings. The maximum Gasteiger partial charge on any atom is 0.273 e. The van der Waals surface area contributed by atoms with Crippen LogP contribution in [0, 0.1) is 0 Å². The van der Waals surface area contributed by atoms with E-state index in [-0.39, 0.29) is 29.9 Å². The molecule has 0 bridgehead atoms. The fourth-order valence-corrected chi connectivity index (χ4v) is 1.92. The molecule has 23 heavy (non-hydrogen) atoms. The lowest BCUT2D eigenvalue weighted by Gasteiger charge is -2.08. The standard InChI is InChI=1S/C17H16N2O4/c20-14(12-6-2-1-3-7-12)10-11-16(22)18-19-17(23)13-8-4-5-9-15(13)21/h1-9,21H,10-11H2,(H,18,22)(H,19,23). The molecule has 118 valence electrons. The molecule has 0 saturated carbocycles. The Labute approximate surface area is 133 Å². The van der Waals surface area contributed by atoms with Crippen LogP contribution in [0.1, 0.15) is 33.6 Å². The van der Waals surface area contributed by atoms with Crippen LogP contribution in [0.15, 0.2) is 54.6 Å². The first-order valence-electron chi connectivity index (χ1n) is 7.03. The monoisotopic (exact) mass is 312 g/mol. The lowest BCUT2D eigenvalue weighted by atomic mass is 10.1. The second-order valence-electron chi connectivity index (χ2n) is 4.81. The number of rotatable bonds is 5. The van der Waals surface area contributed by atoms with Gasteiger partial charge in [-0.25, -0.2) is 0 Å². The Morgan fingerprint density at radius 2 is 1.48 bits per heavy atom. The van der Waals surface area contributed by atoms with E-state index in [1.54, 1.807) is 42.5 Å². The Morgan fingerprint density at radius 1 is 0.826 bits per heavy atom. The van der Waals surface area contributed by atoms with Crippen molar-refractivity contribution in [3.63, 3.8) is 0 Å². The molecular formula is C17H16N2O4. The fraction of sp³-hybridized carbons (Fsp3) is 0.118. The number of carbonyl (C=O) groups is 3. The summed E-state index contributed by atoms with van der Waals surface area (Å²) in [4.78, 5) is 35.3. The molecule has 2 rings (SSSR count). The van der Waals surface area contributed by atoms with Crippen molar-refractivity contribution in [1.29, 1.82) is 0 Å². The van der Waals surface area contributed by atoms with Gasteiger partial charge in [-0.15, -0.1) is 0 Å². The lowest BCUT2D eigenvalue weighted by Crippen LogP contribution is -2.41. The zero-order chi connectivity index (χ0) is 16.7. The molecule has 0 fully saturated rings. The average molecular weight is 312 g/mol. The van der Waals surface area contributed by atoms with E-state index in [9.17, 15) is 19.5 Å². The number of amides is 2. The van der Waals surface area contributed by atoms with Gasteiger partial charge in [0.05, 0.1) is 5.56 Å². The van der Waals surface area contributed by atoms with Gasteiger partial charge in [0.2, 0.25) is 5.91 Å². The largest absolute Gasteiger partial charge is 0.507 e. The fourth-order valence-electron chi connectivity index (χ4n) is 1.92. The number of Topliss-reactive ketones (excluding diaryl/α,β-unsaturated/α-hetero) is 1. The van der Waals surface area contributed by atoms with Crippen LogP contribution in [-0.4, -0.2) is 22.7 Å². The van der Waals surface area contributed by atoms with Gasteiger partial charge < -0.3 is 5.11 Å². The quantitative estimate of drug-likeness (QED) is 0.579. The number of para-hydroxylation sites is 1. The van der Waals surface area contributed by atoms with Gasteiger partial charge in [-0.05, 0) is 12.1 Å². The summed E-state index contributed by atoms with van der Waals surface area (Å²) in [5.41, 5.74) is 5.00. The highest BCUT2D eigenvalue weighted by Gasteiger charge is 2.12. The molecule has 6 nitrogen and oxygen atoms in total. The van der Waals surface area contributed by atoms with Gasteiger partial charge in [-0.3, -0.25) is 25.2 Å². The molecule has 2 amide bonds. The highest BCUT2D eigenvalue weighted by Crippen LogP contribution is 2.14. The normalized spacial score (nSPS) is 9.91. The highest BCUT2D eigenvalue weighted by atomic mass is 16.3. The number of nitrogens with one attached hydrogen (secondary N) is 2. The molecule has 0 unspecified atom stereocenters. The number of ketones is 1. The molecular weight excluding hydrogens is 296 g/mol. The Morgan fingerprint density at radius 3 is 2.17 bits per heavy atom. The smallest absolute Gasteiger partial charge is 0.273 e. The summed E-state index contributed by atoms with van der Waals surface area (Å²) in [6.07, 6.45) is -0.00289. The molecule has 6 heteroatoms. The summed E-state index contributed by atoms with van der Waals surface area (Å²) in [7, 11) is 0. The summed E-state index contributed by atoms with van der Waals surface area (Å²) in [6.45, 7) is 0. The number of hydrogen-bond acceptors (Lipinski definition) is 4. The van der Waals surface area contributed by atoms with Crippen molar-refractivity contribution in [1.82, 2.24) is 10.9 Å². The van der Waals surface area contributed by atoms with Crippen LogP contribution in [0.25, 0.3) is 0 Å². The molecule has 0 saturated heterocycles. The molecule has 0 aliphatic heterocycles. The third-order valence-corrected chi connectivity index (χ3v) is 3.14. The van der Waals surface area contributed by atoms with E-state index in [4.69, 9.17) is 0 Å². The number of benzene rings is 2. The Bertz CT molecular complexity index is 714. The van der Waals surface area contributed by atoms with E-state index < -0.39 is 11.8 Å². The number of hydrazine groups is 1. The summed E-state index contributed by atoms with van der Waals surface area (Å²) in [5, 5.41) is 9.53. The van der Waals surface area contributed by atoms with Gasteiger partial charge in [0.25, 0.3) is 5.91 Å². The number of hydrogen-bond donors (Lipinski definition) is 3. The van der Waals surface area contributed by atoms with Crippen LogP contribution in [0.2, 0.25) is 0 Å². The van der Waals surface area contributed by atoms with E-state index in [1.165, 1.54) is 12.1 Å². The van der Waals surface area contributed by atoms with E-state index in [2.05, 4.69) is 10.9 Å². The summed E-state index contributed by atoms with van der Waals surface area (Å²) >= 11 is 0. The van der Waals surface area contributed by atoms with Crippen molar-refractivity contribution >= 4 is 17.6 Å². The number of phenols is 1. The minimum absolute atomic E-state index is 0.0440. The van der Waals surface area contributed by atoms with E-state index in [0.717, 1.165) is 0 Å². The SMILES string of the molecule is O=C(CCC(=O)c1ccccc1)NNC(=O)c1ccccc1O. The van der Waals surface area contributed by atoms with E-state index in [1.807, 2.05) is 0 Å². The first-order valence-corrected chi connectivity index (χ1v) is 7.03. The zero-order valence-electron chi connectivity index (χ0n) is 12.3. The van der Waals surface area contributed by atoms with Crippen LogP contribution in [0.5, 0.6) is 5.75 Å². The van der Waals surface area contributed by atoms with Gasteiger partial charge in [0, 0.05) is 18.4 Å². The Kier molecular flexibility index (Phi) is 5.46. The van der Waals surface area contributed by atoms with E-state index in [0.29, 0.717) is 5.56 Å². The maximum absolute atomic E-state index is 11.9. The Balaban J connectivity index is 1.78. The van der Waals surface area contributed by atoms with Crippen molar-refractivity contribution < 1.29 is 19.5 Å². The first-order chi connectivity index (χ1) is 11.1. The molecule has 0 atom stereocenters. The highest BCUT2D eigenvalue weighted by molar-refractivity contribution is 5.99. The van der Waals surface area contributed by atoms with Crippen molar-refractivity contribution in [3.8, 4) is 5.75 Å². The van der Waals surface area contributed by atoms with Gasteiger partial charge >= 0.3 is 0 Å². The number of aromatic hydroxyl groups is 1. The second kappa shape index (κ2) is 7.74. The summed E-state index contributed by atoms with van der Waals surface area (Å²) in [6, 6.07) is 14.6. The van der Waals surface area contributed by atoms with Gasteiger partial charge in [0.15, 0.2) is 5.78 Å². The van der Waals surface area contributed by atoms with Crippen molar-refractivity contribution in [2.24, 2.45) is 0 Å². The lowest BCUT2D eigenvalue weighted by molar-refractivity contribution is -0.121. The summed E-state index contributed by atoms with van der Waals surface area (Å²) in [5.74, 6) is -1.45.